The Morgan fingerprint density at radius 1 is 1.46 bits per heavy atom. The van der Waals surface area contributed by atoms with Crippen LogP contribution in [-0.2, 0) is 14.3 Å². The molecule has 0 aliphatic carbocycles. The zero-order valence-electron chi connectivity index (χ0n) is 13.9. The van der Waals surface area contributed by atoms with Crippen molar-refractivity contribution in [1.29, 1.82) is 5.26 Å². The van der Waals surface area contributed by atoms with Crippen molar-refractivity contribution >= 4 is 51.1 Å². The highest BCUT2D eigenvalue weighted by Crippen LogP contribution is 2.34. The first-order valence-corrected chi connectivity index (χ1v) is 8.81. The average molecular weight is 415 g/mol. The van der Waals surface area contributed by atoms with Gasteiger partial charge in [0, 0.05) is 0 Å². The van der Waals surface area contributed by atoms with Crippen molar-refractivity contribution in [2.75, 3.05) is 11.9 Å². The van der Waals surface area contributed by atoms with E-state index in [0.29, 0.717) is 10.6 Å². The van der Waals surface area contributed by atoms with Gasteiger partial charge >= 0.3 is 12.1 Å². The fraction of sp³-hybridized carbons (Fsp3) is 0.438. The first kappa shape index (κ1) is 20.2. The van der Waals surface area contributed by atoms with Gasteiger partial charge in [0.05, 0.1) is 39.0 Å². The molecule has 0 aliphatic rings. The Bertz CT molecular complexity index is 683. The van der Waals surface area contributed by atoms with E-state index in [4.69, 9.17) is 14.7 Å². The number of carbonyl (C=O) groups excluding carboxylic acids is 2. The molecular weight excluding hydrogens is 396 g/mol. The second-order valence-corrected chi connectivity index (χ2v) is 8.14. The molecule has 1 amide bonds. The van der Waals surface area contributed by atoms with Gasteiger partial charge in [-0.1, -0.05) is 0 Å². The first-order chi connectivity index (χ1) is 11.2. The van der Waals surface area contributed by atoms with E-state index in [9.17, 15) is 9.59 Å². The molecule has 0 atom stereocenters. The lowest BCUT2D eigenvalue weighted by atomic mass is 10.1. The summed E-state index contributed by atoms with van der Waals surface area (Å²) in [5, 5.41) is 11.5. The molecule has 24 heavy (non-hydrogen) atoms. The van der Waals surface area contributed by atoms with Gasteiger partial charge in [0.2, 0.25) is 0 Å². The SMILES string of the molecule is CCOC(=O)/C(=C/c1sc(Br)cc1NC(=O)OC(C)(C)C)CC#N. The number of hydrogen-bond acceptors (Lipinski definition) is 6. The number of thiophene rings is 1. The van der Waals surface area contributed by atoms with Crippen molar-refractivity contribution in [1.82, 2.24) is 0 Å². The van der Waals surface area contributed by atoms with Gasteiger partial charge in [0.15, 0.2) is 0 Å². The number of esters is 1. The fourth-order valence-corrected chi connectivity index (χ4v) is 3.20. The van der Waals surface area contributed by atoms with E-state index in [2.05, 4.69) is 21.2 Å². The second kappa shape index (κ2) is 8.85. The molecule has 1 rings (SSSR count). The molecule has 1 aromatic rings. The Hall–Kier alpha value is -1.85. The summed E-state index contributed by atoms with van der Waals surface area (Å²) in [4.78, 5) is 24.5. The predicted octanol–water partition coefficient (Wildman–Crippen LogP) is 4.72. The normalized spacial score (nSPS) is 11.6. The van der Waals surface area contributed by atoms with Crippen LogP contribution in [0.3, 0.4) is 0 Å². The lowest BCUT2D eigenvalue weighted by molar-refractivity contribution is -0.138. The van der Waals surface area contributed by atoms with E-state index in [1.165, 1.54) is 11.3 Å². The van der Waals surface area contributed by atoms with Crippen molar-refractivity contribution in [3.63, 3.8) is 0 Å². The standard InChI is InChI=1S/C16H19BrN2O4S/c1-5-22-14(20)10(6-7-18)8-12-11(9-13(17)24-12)19-15(21)23-16(2,3)4/h8-9H,5-6H2,1-4H3,(H,19,21)/b10-8+. The summed E-state index contributed by atoms with van der Waals surface area (Å²) in [7, 11) is 0. The molecule has 1 aromatic heterocycles. The van der Waals surface area contributed by atoms with Gasteiger partial charge in [-0.3, -0.25) is 5.32 Å². The fourth-order valence-electron chi connectivity index (χ4n) is 1.64. The molecule has 0 radical (unpaired) electrons. The van der Waals surface area contributed by atoms with Crippen molar-refractivity contribution in [2.24, 2.45) is 0 Å². The molecular formula is C16H19BrN2O4S. The van der Waals surface area contributed by atoms with Gasteiger partial charge in [0.1, 0.15) is 5.60 Å². The predicted molar refractivity (Wildman–Crippen MR) is 96.7 cm³/mol. The Morgan fingerprint density at radius 2 is 2.12 bits per heavy atom. The van der Waals surface area contributed by atoms with Crippen LogP contribution in [0.25, 0.3) is 6.08 Å². The average Bonchev–Trinajstić information content (AvgIpc) is 2.76. The number of nitrogens with zero attached hydrogens (tertiary/aromatic N) is 1. The highest BCUT2D eigenvalue weighted by atomic mass is 79.9. The summed E-state index contributed by atoms with van der Waals surface area (Å²) in [6, 6.07) is 3.64. The Morgan fingerprint density at radius 3 is 2.67 bits per heavy atom. The second-order valence-electron chi connectivity index (χ2n) is 5.68. The van der Waals surface area contributed by atoms with Crippen molar-refractivity contribution < 1.29 is 19.1 Å². The highest BCUT2D eigenvalue weighted by Gasteiger charge is 2.19. The van der Waals surface area contributed by atoms with E-state index in [1.807, 2.05) is 6.07 Å². The summed E-state index contributed by atoms with van der Waals surface area (Å²) in [5.74, 6) is -0.549. The van der Waals surface area contributed by atoms with Crippen molar-refractivity contribution in [3.8, 4) is 6.07 Å². The Labute approximate surface area is 153 Å². The largest absolute Gasteiger partial charge is 0.463 e. The van der Waals surface area contributed by atoms with E-state index in [1.54, 1.807) is 39.8 Å². The van der Waals surface area contributed by atoms with Crippen LogP contribution in [0.5, 0.6) is 0 Å². The maximum atomic E-state index is 11.9. The van der Waals surface area contributed by atoms with Crippen LogP contribution < -0.4 is 5.32 Å². The minimum Gasteiger partial charge on any atom is -0.463 e. The molecule has 0 aromatic carbocycles. The number of rotatable bonds is 5. The molecule has 0 unspecified atom stereocenters. The van der Waals surface area contributed by atoms with Gasteiger partial charge < -0.3 is 9.47 Å². The third kappa shape index (κ3) is 6.72. The molecule has 0 spiro atoms. The summed E-state index contributed by atoms with van der Waals surface area (Å²) < 4.78 is 10.9. The van der Waals surface area contributed by atoms with Crippen LogP contribution in [0.15, 0.2) is 15.4 Å². The van der Waals surface area contributed by atoms with Gasteiger partial charge in [-0.2, -0.15) is 5.26 Å². The summed E-state index contributed by atoms with van der Waals surface area (Å²) in [5.41, 5.74) is 0.0892. The van der Waals surface area contributed by atoms with Crippen LogP contribution in [0, 0.1) is 11.3 Å². The first-order valence-electron chi connectivity index (χ1n) is 7.20. The third-order valence-corrected chi connectivity index (χ3v) is 4.06. The molecule has 0 fully saturated rings. The van der Waals surface area contributed by atoms with Crippen molar-refractivity contribution in [3.05, 3.63) is 20.3 Å². The topological polar surface area (TPSA) is 88.4 Å². The summed E-state index contributed by atoms with van der Waals surface area (Å²) in [6.07, 6.45) is 0.865. The number of anilines is 1. The van der Waals surface area contributed by atoms with E-state index >= 15 is 0 Å². The zero-order chi connectivity index (χ0) is 18.3. The maximum Gasteiger partial charge on any atom is 0.412 e. The van der Waals surface area contributed by atoms with Crippen LogP contribution in [-0.4, -0.2) is 24.3 Å². The van der Waals surface area contributed by atoms with Crippen LogP contribution >= 0.6 is 27.3 Å². The van der Waals surface area contributed by atoms with Gasteiger partial charge in [-0.25, -0.2) is 9.59 Å². The smallest absolute Gasteiger partial charge is 0.412 e. The zero-order valence-corrected chi connectivity index (χ0v) is 16.3. The molecule has 8 heteroatoms. The molecule has 0 aliphatic heterocycles. The van der Waals surface area contributed by atoms with Crippen LogP contribution in [0.1, 0.15) is 39.0 Å². The molecule has 130 valence electrons. The number of amides is 1. The van der Waals surface area contributed by atoms with Gasteiger partial charge in [-0.05, 0) is 55.8 Å². The maximum absolute atomic E-state index is 11.9. The highest BCUT2D eigenvalue weighted by molar-refractivity contribution is 9.11. The Balaban J connectivity index is 3.07. The molecule has 1 N–H and O–H groups in total. The lowest BCUT2D eigenvalue weighted by Crippen LogP contribution is -2.27. The minimum atomic E-state index is -0.621. The molecule has 0 bridgehead atoms. The molecule has 0 saturated heterocycles. The minimum absolute atomic E-state index is 0.0831. The lowest BCUT2D eigenvalue weighted by Gasteiger charge is -2.19. The molecule has 1 heterocycles. The monoisotopic (exact) mass is 414 g/mol. The van der Waals surface area contributed by atoms with Crippen molar-refractivity contribution in [2.45, 2.75) is 39.7 Å². The van der Waals surface area contributed by atoms with E-state index in [-0.39, 0.29) is 18.6 Å². The Kier molecular flexibility index (Phi) is 7.45. The number of hydrogen-bond donors (Lipinski definition) is 1. The molecule has 0 saturated carbocycles. The van der Waals surface area contributed by atoms with Gasteiger partial charge in [-0.15, -0.1) is 11.3 Å². The quantitative estimate of drug-likeness (QED) is 0.556. The van der Waals surface area contributed by atoms with E-state index < -0.39 is 17.7 Å². The van der Waals surface area contributed by atoms with E-state index in [0.717, 1.165) is 3.79 Å². The van der Waals surface area contributed by atoms with Crippen LogP contribution in [0.2, 0.25) is 0 Å². The number of carbonyl (C=O) groups is 2. The third-order valence-electron chi connectivity index (χ3n) is 2.48. The number of ether oxygens (including phenoxy) is 2. The summed E-state index contributed by atoms with van der Waals surface area (Å²) in [6.45, 7) is 7.21. The number of nitrogens with one attached hydrogen (secondary N) is 1. The number of nitriles is 1. The molecule has 6 nitrogen and oxygen atoms in total. The summed E-state index contributed by atoms with van der Waals surface area (Å²) >= 11 is 4.66. The van der Waals surface area contributed by atoms with Gasteiger partial charge in [0.25, 0.3) is 0 Å². The number of halogens is 1. The van der Waals surface area contributed by atoms with Crippen LogP contribution in [0.4, 0.5) is 10.5 Å².